The number of ketones is 1. The lowest BCUT2D eigenvalue weighted by atomic mass is 9.98. The van der Waals surface area contributed by atoms with Gasteiger partial charge in [-0.15, -0.1) is 0 Å². The van der Waals surface area contributed by atoms with Gasteiger partial charge in [-0.1, -0.05) is 64.5 Å². The topological polar surface area (TPSA) is 131 Å². The minimum Gasteiger partial charge on any atom is -0.496 e. The normalized spacial score (nSPS) is 12.4. The van der Waals surface area contributed by atoms with Crippen LogP contribution >= 0.6 is 15.9 Å². The quantitative estimate of drug-likeness (QED) is 0.170. The SMILES string of the molecule is COc1cc(C(=O)c2ccc(Br)cc2)c(NC(=O)C(CC(=O)O)NC(=O)OCC2c3ccccc3-c3ccccc32)cc1C. The first-order chi connectivity index (χ1) is 21.2. The molecular formula is C34H29BrN2O7. The van der Waals surface area contributed by atoms with Crippen LogP contribution in [0.5, 0.6) is 5.75 Å². The Morgan fingerprint density at radius 3 is 2.11 bits per heavy atom. The van der Waals surface area contributed by atoms with E-state index in [1.807, 2.05) is 48.5 Å². The number of aliphatic carboxylic acids is 1. The Balaban J connectivity index is 1.33. The number of hydrogen-bond acceptors (Lipinski definition) is 6. The fourth-order valence-corrected chi connectivity index (χ4v) is 5.61. The third-order valence-corrected chi connectivity index (χ3v) is 8.00. The number of methoxy groups -OCH3 is 1. The molecule has 4 aromatic carbocycles. The van der Waals surface area contributed by atoms with Crippen LogP contribution < -0.4 is 15.4 Å². The lowest BCUT2D eigenvalue weighted by molar-refractivity contribution is -0.139. The van der Waals surface area contributed by atoms with E-state index in [1.165, 1.54) is 13.2 Å². The smallest absolute Gasteiger partial charge is 0.407 e. The number of carbonyl (C=O) groups is 4. The fraction of sp³-hybridized carbons (Fsp3) is 0.176. The number of hydrogen-bond donors (Lipinski definition) is 3. The Morgan fingerprint density at radius 2 is 1.52 bits per heavy atom. The molecule has 1 aliphatic carbocycles. The number of fused-ring (bicyclic) bond motifs is 3. The van der Waals surface area contributed by atoms with Crippen molar-refractivity contribution in [3.05, 3.63) is 117 Å². The number of nitrogens with one attached hydrogen (secondary N) is 2. The molecule has 0 aliphatic heterocycles. The van der Waals surface area contributed by atoms with Crippen LogP contribution in [0.2, 0.25) is 0 Å². The highest BCUT2D eigenvalue weighted by Gasteiger charge is 2.31. The molecule has 3 N–H and O–H groups in total. The lowest BCUT2D eigenvalue weighted by Gasteiger charge is -2.20. The molecule has 0 saturated carbocycles. The molecule has 0 spiro atoms. The number of benzene rings is 4. The first-order valence-corrected chi connectivity index (χ1v) is 14.6. The zero-order valence-corrected chi connectivity index (χ0v) is 25.5. The van der Waals surface area contributed by atoms with Gasteiger partial charge in [0, 0.05) is 21.5 Å². The molecule has 0 saturated heterocycles. The van der Waals surface area contributed by atoms with Gasteiger partial charge in [-0.3, -0.25) is 14.4 Å². The second kappa shape index (κ2) is 13.1. The molecule has 9 nitrogen and oxygen atoms in total. The molecule has 224 valence electrons. The Hall–Kier alpha value is -4.96. The molecule has 1 atom stereocenters. The van der Waals surface area contributed by atoms with Crippen molar-refractivity contribution in [1.29, 1.82) is 0 Å². The van der Waals surface area contributed by atoms with Crippen LogP contribution in [0.1, 0.15) is 45.0 Å². The number of anilines is 1. The maximum Gasteiger partial charge on any atom is 0.407 e. The number of carbonyl (C=O) groups excluding carboxylic acids is 3. The summed E-state index contributed by atoms with van der Waals surface area (Å²) in [5.74, 6) is -2.29. The van der Waals surface area contributed by atoms with Crippen LogP contribution in [0.4, 0.5) is 10.5 Å². The molecule has 0 bridgehead atoms. The van der Waals surface area contributed by atoms with E-state index in [4.69, 9.17) is 9.47 Å². The molecule has 0 aromatic heterocycles. The van der Waals surface area contributed by atoms with Gasteiger partial charge < -0.3 is 25.2 Å². The van der Waals surface area contributed by atoms with Crippen molar-refractivity contribution in [2.45, 2.75) is 25.3 Å². The van der Waals surface area contributed by atoms with Gasteiger partial charge in [-0.2, -0.15) is 0 Å². The van der Waals surface area contributed by atoms with Gasteiger partial charge in [0.2, 0.25) is 5.91 Å². The third-order valence-electron chi connectivity index (χ3n) is 7.47. The van der Waals surface area contributed by atoms with Crippen LogP contribution in [0.3, 0.4) is 0 Å². The molecule has 0 heterocycles. The number of halogens is 1. The number of ether oxygens (including phenoxy) is 2. The first-order valence-electron chi connectivity index (χ1n) is 13.8. The van der Waals surface area contributed by atoms with E-state index in [2.05, 4.69) is 26.6 Å². The second-order valence-corrected chi connectivity index (χ2v) is 11.2. The van der Waals surface area contributed by atoms with E-state index in [1.54, 1.807) is 37.3 Å². The summed E-state index contributed by atoms with van der Waals surface area (Å²) in [6, 6.07) is 24.0. The van der Waals surface area contributed by atoms with Gasteiger partial charge in [0.1, 0.15) is 18.4 Å². The van der Waals surface area contributed by atoms with Gasteiger partial charge in [-0.05, 0) is 71.1 Å². The Bertz CT molecular complexity index is 1710. The molecule has 0 radical (unpaired) electrons. The second-order valence-electron chi connectivity index (χ2n) is 10.3. The van der Waals surface area contributed by atoms with Crippen molar-refractivity contribution in [2.24, 2.45) is 0 Å². The van der Waals surface area contributed by atoms with Crippen molar-refractivity contribution in [2.75, 3.05) is 19.0 Å². The average molecular weight is 658 g/mol. The number of alkyl carbamates (subject to hydrolysis) is 1. The molecule has 2 amide bonds. The van der Waals surface area contributed by atoms with E-state index < -0.39 is 30.4 Å². The fourth-order valence-electron chi connectivity index (χ4n) is 5.34. The van der Waals surface area contributed by atoms with E-state index in [-0.39, 0.29) is 29.6 Å². The minimum atomic E-state index is -1.49. The molecule has 5 rings (SSSR count). The first kappa shape index (κ1) is 30.5. The highest BCUT2D eigenvalue weighted by atomic mass is 79.9. The molecule has 44 heavy (non-hydrogen) atoms. The van der Waals surface area contributed by atoms with Gasteiger partial charge in [0.05, 0.1) is 19.2 Å². The summed E-state index contributed by atoms with van der Waals surface area (Å²) >= 11 is 3.35. The van der Waals surface area contributed by atoms with Crippen LogP contribution in [0, 0.1) is 6.92 Å². The van der Waals surface area contributed by atoms with Crippen molar-refractivity contribution >= 4 is 45.4 Å². The summed E-state index contributed by atoms with van der Waals surface area (Å²) in [7, 11) is 1.47. The van der Waals surface area contributed by atoms with E-state index in [0.29, 0.717) is 16.9 Å². The zero-order chi connectivity index (χ0) is 31.4. The largest absolute Gasteiger partial charge is 0.496 e. The van der Waals surface area contributed by atoms with Gasteiger partial charge in [0.25, 0.3) is 0 Å². The third kappa shape index (κ3) is 6.50. The van der Waals surface area contributed by atoms with Gasteiger partial charge in [0.15, 0.2) is 5.78 Å². The van der Waals surface area contributed by atoms with Crippen LogP contribution in [0.25, 0.3) is 11.1 Å². The maximum atomic E-state index is 13.4. The summed E-state index contributed by atoms with van der Waals surface area (Å²) in [5, 5.41) is 14.5. The Labute approximate surface area is 262 Å². The van der Waals surface area contributed by atoms with E-state index >= 15 is 0 Å². The van der Waals surface area contributed by atoms with Crippen molar-refractivity contribution in [3.8, 4) is 16.9 Å². The average Bonchev–Trinajstić information content (AvgIpc) is 3.33. The van der Waals surface area contributed by atoms with Crippen LogP contribution in [-0.2, 0) is 14.3 Å². The zero-order valence-electron chi connectivity index (χ0n) is 23.9. The number of aryl methyl sites for hydroxylation is 1. The number of rotatable bonds is 10. The maximum absolute atomic E-state index is 13.4. The summed E-state index contributed by atoms with van der Waals surface area (Å²) in [4.78, 5) is 51.4. The predicted molar refractivity (Wildman–Crippen MR) is 168 cm³/mol. The Kier molecular flexibility index (Phi) is 9.10. The molecule has 1 aliphatic rings. The summed E-state index contributed by atoms with van der Waals surface area (Å²) in [5.41, 5.74) is 5.43. The molecular weight excluding hydrogens is 628 g/mol. The highest BCUT2D eigenvalue weighted by molar-refractivity contribution is 9.10. The summed E-state index contributed by atoms with van der Waals surface area (Å²) in [6.07, 6.45) is -1.65. The standard InChI is InChI=1S/C34H29BrN2O7/c1-19-15-28(26(16-30(19)43-2)32(40)20-11-13-21(35)14-12-20)36-33(41)29(17-31(38)39)37-34(42)44-18-27-24-9-5-3-7-22(24)23-8-4-6-10-25(23)27/h3-16,27,29H,17-18H2,1-2H3,(H,36,41)(H,37,42)(H,38,39). The van der Waals surface area contributed by atoms with Crippen LogP contribution in [-0.4, -0.2) is 48.6 Å². The van der Waals surface area contributed by atoms with Gasteiger partial charge in [-0.25, -0.2) is 4.79 Å². The number of carboxylic acids is 1. The lowest BCUT2D eigenvalue weighted by Crippen LogP contribution is -2.45. The molecule has 0 fully saturated rings. The summed E-state index contributed by atoms with van der Waals surface area (Å²) in [6.45, 7) is 1.73. The minimum absolute atomic E-state index is 0.00914. The molecule has 1 unspecified atom stereocenters. The molecule has 4 aromatic rings. The van der Waals surface area contributed by atoms with Crippen molar-refractivity contribution in [3.63, 3.8) is 0 Å². The van der Waals surface area contributed by atoms with Gasteiger partial charge >= 0.3 is 12.1 Å². The Morgan fingerprint density at radius 1 is 0.909 bits per heavy atom. The van der Waals surface area contributed by atoms with E-state index in [0.717, 1.165) is 26.7 Å². The van der Waals surface area contributed by atoms with Crippen LogP contribution in [0.15, 0.2) is 89.4 Å². The monoisotopic (exact) mass is 656 g/mol. The van der Waals surface area contributed by atoms with Crippen molar-refractivity contribution in [1.82, 2.24) is 5.32 Å². The molecule has 10 heteroatoms. The predicted octanol–water partition coefficient (Wildman–Crippen LogP) is 6.32. The number of amides is 2. The highest BCUT2D eigenvalue weighted by Crippen LogP contribution is 2.44. The summed E-state index contributed by atoms with van der Waals surface area (Å²) < 4.78 is 11.7. The van der Waals surface area contributed by atoms with Crippen molar-refractivity contribution < 1.29 is 33.8 Å². The number of carboxylic acid groups (broad SMARTS) is 1. The van der Waals surface area contributed by atoms with E-state index in [9.17, 15) is 24.3 Å².